The van der Waals surface area contributed by atoms with Crippen LogP contribution in [0.3, 0.4) is 0 Å². The molecule has 0 unspecified atom stereocenters. The first kappa shape index (κ1) is 13.0. The Morgan fingerprint density at radius 3 is 1.71 bits per heavy atom. The van der Waals surface area contributed by atoms with Crippen LogP contribution in [-0.4, -0.2) is 0 Å². The molecule has 2 aromatic carbocycles. The Hall–Kier alpha value is -2.02. The predicted molar refractivity (Wildman–Crippen MR) is 77.7 cm³/mol. The van der Waals surface area contributed by atoms with Crippen LogP contribution >= 0.6 is 0 Å². The lowest BCUT2D eigenvalue weighted by Gasteiger charge is -2.04. The van der Waals surface area contributed by atoms with Crippen molar-refractivity contribution in [2.45, 2.75) is 14.4 Å². The Bertz CT molecular complexity index is 492. The Labute approximate surface area is 104 Å². The van der Waals surface area contributed by atoms with E-state index in [2.05, 4.69) is 30.8 Å². The van der Waals surface area contributed by atoms with E-state index in [1.54, 1.807) is 0 Å². The zero-order valence-electron chi connectivity index (χ0n) is 9.40. The lowest BCUT2D eigenvalue weighted by atomic mass is 10.0. The molecule has 0 amide bonds. The van der Waals surface area contributed by atoms with E-state index in [0.29, 0.717) is 0 Å². The summed E-state index contributed by atoms with van der Waals surface area (Å²) in [7, 11) is 0. The first-order chi connectivity index (χ1) is 7.66. The number of nitrogens with two attached hydrogens (primary N) is 1. The molecule has 0 bridgehead atoms. The number of anilines is 1. The molecule has 17 heavy (non-hydrogen) atoms. The van der Waals surface area contributed by atoms with Gasteiger partial charge >= 0.3 is 0 Å². The lowest BCUT2D eigenvalue weighted by Crippen LogP contribution is -1.84. The van der Waals surface area contributed by atoms with Crippen molar-refractivity contribution in [3.63, 3.8) is 0 Å². The highest BCUT2D eigenvalue weighted by molar-refractivity contribution is 5.69. The van der Waals surface area contributed by atoms with E-state index in [9.17, 15) is 0 Å². The minimum absolute atomic E-state index is 0. The molecule has 2 aromatic rings. The van der Waals surface area contributed by atoms with Crippen LogP contribution in [0.5, 0.6) is 0 Å². The fourth-order valence-electron chi connectivity index (χ4n) is 1.62. The first-order valence-electron chi connectivity index (χ1n) is 5.28. The molecule has 0 fully saturated rings. The van der Waals surface area contributed by atoms with Gasteiger partial charge in [-0.15, -0.1) is 0 Å². The van der Waals surface area contributed by atoms with Gasteiger partial charge in [0, 0.05) is 5.69 Å². The molecule has 0 saturated heterocycles. The van der Waals surface area contributed by atoms with E-state index in [4.69, 9.17) is 5.73 Å². The summed E-state index contributed by atoms with van der Waals surface area (Å²) in [4.78, 5) is 0. The highest BCUT2D eigenvalue weighted by Crippen LogP contribution is 2.22. The van der Waals surface area contributed by atoms with E-state index in [1.807, 2.05) is 31.2 Å². The summed E-state index contributed by atoms with van der Waals surface area (Å²) in [5, 5.41) is 0. The summed E-state index contributed by atoms with van der Waals surface area (Å²) < 4.78 is 0. The van der Waals surface area contributed by atoms with Crippen molar-refractivity contribution in [2.24, 2.45) is 0 Å². The van der Waals surface area contributed by atoms with Crippen molar-refractivity contribution < 1.29 is 0 Å². The molecule has 88 valence electrons. The SMILES string of the molecule is C.C=C(C)c1ccc(-c2ccc(N)cc2)cc1. The van der Waals surface area contributed by atoms with Crippen LogP contribution in [-0.2, 0) is 0 Å². The highest BCUT2D eigenvalue weighted by Gasteiger charge is 1.98. The van der Waals surface area contributed by atoms with Gasteiger partial charge in [-0.25, -0.2) is 0 Å². The largest absolute Gasteiger partial charge is 0.399 e. The van der Waals surface area contributed by atoms with Crippen molar-refractivity contribution in [2.75, 3.05) is 5.73 Å². The highest BCUT2D eigenvalue weighted by atomic mass is 14.5. The Kier molecular flexibility index (Phi) is 4.11. The summed E-state index contributed by atoms with van der Waals surface area (Å²) in [5.41, 5.74) is 11.1. The molecule has 2 rings (SSSR count). The summed E-state index contributed by atoms with van der Waals surface area (Å²) in [6.45, 7) is 5.93. The van der Waals surface area contributed by atoms with Crippen LogP contribution in [0.1, 0.15) is 19.9 Å². The molecule has 0 aromatic heterocycles. The molecule has 0 aliphatic carbocycles. The molecule has 0 radical (unpaired) electrons. The molecular formula is C16H19N. The molecule has 0 aliphatic rings. The Morgan fingerprint density at radius 2 is 1.29 bits per heavy atom. The second kappa shape index (κ2) is 5.35. The lowest BCUT2D eigenvalue weighted by molar-refractivity contribution is 1.56. The van der Waals surface area contributed by atoms with Crippen molar-refractivity contribution in [1.29, 1.82) is 0 Å². The number of benzene rings is 2. The van der Waals surface area contributed by atoms with Gasteiger partial charge in [0.15, 0.2) is 0 Å². The number of hydrogen-bond donors (Lipinski definition) is 1. The Morgan fingerprint density at radius 1 is 0.882 bits per heavy atom. The molecule has 2 N–H and O–H groups in total. The third-order valence-electron chi connectivity index (χ3n) is 2.62. The zero-order valence-corrected chi connectivity index (χ0v) is 9.40. The van der Waals surface area contributed by atoms with Crippen molar-refractivity contribution in [1.82, 2.24) is 0 Å². The van der Waals surface area contributed by atoms with Gasteiger partial charge in [0.1, 0.15) is 0 Å². The summed E-state index contributed by atoms with van der Waals surface area (Å²) in [6, 6.07) is 16.3. The minimum Gasteiger partial charge on any atom is -0.399 e. The molecule has 1 heteroatoms. The fourth-order valence-corrected chi connectivity index (χ4v) is 1.62. The molecule has 0 aliphatic heterocycles. The third-order valence-corrected chi connectivity index (χ3v) is 2.62. The van der Waals surface area contributed by atoms with Crippen LogP contribution in [0.4, 0.5) is 5.69 Å². The van der Waals surface area contributed by atoms with Crippen LogP contribution in [0.25, 0.3) is 16.7 Å². The minimum atomic E-state index is 0. The maximum absolute atomic E-state index is 5.66. The number of allylic oxidation sites excluding steroid dienone is 1. The topological polar surface area (TPSA) is 26.0 Å². The van der Waals surface area contributed by atoms with Crippen LogP contribution in [0.15, 0.2) is 55.1 Å². The standard InChI is InChI=1S/C15H15N.CH4/c1-11(2)12-3-5-13(6-4-12)14-7-9-15(16)10-8-14;/h3-10H,1,16H2,2H3;1H4. The van der Waals surface area contributed by atoms with Gasteiger partial charge in [-0.05, 0) is 35.7 Å². The number of rotatable bonds is 2. The predicted octanol–water partition coefficient (Wildman–Crippen LogP) is 4.61. The number of nitrogen functional groups attached to an aromatic ring is 1. The van der Waals surface area contributed by atoms with Crippen molar-refractivity contribution in [3.8, 4) is 11.1 Å². The van der Waals surface area contributed by atoms with Crippen LogP contribution in [0.2, 0.25) is 0 Å². The Balaban J connectivity index is 0.00000144. The zero-order chi connectivity index (χ0) is 11.5. The normalized spacial score (nSPS) is 9.47. The van der Waals surface area contributed by atoms with Crippen molar-refractivity contribution in [3.05, 3.63) is 60.7 Å². The van der Waals surface area contributed by atoms with Crippen LogP contribution in [0, 0.1) is 0 Å². The van der Waals surface area contributed by atoms with E-state index < -0.39 is 0 Å². The molecular weight excluding hydrogens is 206 g/mol. The summed E-state index contributed by atoms with van der Waals surface area (Å²) in [6.07, 6.45) is 0. The average molecular weight is 225 g/mol. The summed E-state index contributed by atoms with van der Waals surface area (Å²) in [5.74, 6) is 0. The third kappa shape index (κ3) is 2.97. The van der Waals surface area contributed by atoms with Crippen molar-refractivity contribution >= 4 is 11.3 Å². The van der Waals surface area contributed by atoms with Gasteiger partial charge < -0.3 is 5.73 Å². The average Bonchev–Trinajstić information content (AvgIpc) is 2.30. The molecule has 0 saturated carbocycles. The van der Waals surface area contributed by atoms with Gasteiger partial charge in [-0.2, -0.15) is 0 Å². The van der Waals surface area contributed by atoms with E-state index in [1.165, 1.54) is 16.7 Å². The van der Waals surface area contributed by atoms with Gasteiger partial charge in [0.05, 0.1) is 0 Å². The fraction of sp³-hybridized carbons (Fsp3) is 0.125. The molecule has 0 atom stereocenters. The molecule has 1 nitrogen and oxygen atoms in total. The van der Waals surface area contributed by atoms with Crippen LogP contribution < -0.4 is 5.73 Å². The number of hydrogen-bond acceptors (Lipinski definition) is 1. The summed E-state index contributed by atoms with van der Waals surface area (Å²) >= 11 is 0. The quantitative estimate of drug-likeness (QED) is 0.742. The first-order valence-corrected chi connectivity index (χ1v) is 5.28. The monoisotopic (exact) mass is 225 g/mol. The second-order valence-electron chi connectivity index (χ2n) is 3.98. The smallest absolute Gasteiger partial charge is 0.0314 e. The van der Waals surface area contributed by atoms with E-state index in [-0.39, 0.29) is 7.43 Å². The van der Waals surface area contributed by atoms with E-state index >= 15 is 0 Å². The maximum Gasteiger partial charge on any atom is 0.0314 e. The van der Waals surface area contributed by atoms with Gasteiger partial charge in [0.2, 0.25) is 0 Å². The van der Waals surface area contributed by atoms with Gasteiger partial charge in [-0.3, -0.25) is 0 Å². The molecule has 0 heterocycles. The maximum atomic E-state index is 5.66. The van der Waals surface area contributed by atoms with Gasteiger partial charge in [0.25, 0.3) is 0 Å². The second-order valence-corrected chi connectivity index (χ2v) is 3.98. The molecule has 0 spiro atoms. The van der Waals surface area contributed by atoms with E-state index in [0.717, 1.165) is 11.3 Å². The van der Waals surface area contributed by atoms with Gasteiger partial charge in [-0.1, -0.05) is 56.0 Å².